The Bertz CT molecular complexity index is 238. The van der Waals surface area contributed by atoms with E-state index in [0.29, 0.717) is 18.0 Å². The predicted molar refractivity (Wildman–Crippen MR) is 60.8 cm³/mol. The summed E-state index contributed by atoms with van der Waals surface area (Å²) in [5, 5.41) is 8.85. The third-order valence-corrected chi connectivity index (χ3v) is 3.55. The van der Waals surface area contributed by atoms with Crippen LogP contribution in [0.2, 0.25) is 0 Å². The Morgan fingerprint density at radius 2 is 2.20 bits per heavy atom. The molecule has 3 heteroatoms. The normalized spacial score (nSPS) is 26.9. The van der Waals surface area contributed by atoms with Gasteiger partial charge in [-0.15, -0.1) is 0 Å². The number of carboxylic acid groups (broad SMARTS) is 1. The van der Waals surface area contributed by atoms with Crippen LogP contribution in [0.5, 0.6) is 0 Å². The first-order chi connectivity index (χ1) is 6.82. The molecule has 1 saturated carbocycles. The summed E-state index contributed by atoms with van der Waals surface area (Å²) >= 11 is 0. The van der Waals surface area contributed by atoms with E-state index < -0.39 is 5.97 Å². The first-order valence-electron chi connectivity index (χ1n) is 5.75. The van der Waals surface area contributed by atoms with Crippen molar-refractivity contribution < 1.29 is 9.90 Å². The Kier molecular flexibility index (Phi) is 3.77. The van der Waals surface area contributed by atoms with Crippen molar-refractivity contribution in [3.05, 3.63) is 0 Å². The monoisotopic (exact) mass is 213 g/mol. The molecule has 88 valence electrons. The van der Waals surface area contributed by atoms with Gasteiger partial charge in [0.2, 0.25) is 0 Å². The van der Waals surface area contributed by atoms with Gasteiger partial charge in [-0.05, 0) is 31.7 Å². The summed E-state index contributed by atoms with van der Waals surface area (Å²) in [6.07, 6.45) is 3.65. The zero-order valence-electron chi connectivity index (χ0n) is 10.3. The molecule has 1 fully saturated rings. The number of aliphatic carboxylic acids is 1. The van der Waals surface area contributed by atoms with Crippen molar-refractivity contribution >= 4 is 5.97 Å². The topological polar surface area (TPSA) is 40.5 Å². The van der Waals surface area contributed by atoms with E-state index in [-0.39, 0.29) is 5.92 Å². The predicted octanol–water partition coefficient (Wildman–Crippen LogP) is 2.22. The van der Waals surface area contributed by atoms with Gasteiger partial charge in [-0.2, -0.15) is 0 Å². The Hall–Kier alpha value is -0.570. The first-order valence-corrected chi connectivity index (χ1v) is 5.75. The number of hydrogen-bond donors (Lipinski definition) is 1. The molecule has 15 heavy (non-hydrogen) atoms. The minimum absolute atomic E-state index is 0.265. The highest BCUT2D eigenvalue weighted by Crippen LogP contribution is 2.39. The van der Waals surface area contributed by atoms with E-state index in [2.05, 4.69) is 18.7 Å². The molecule has 1 N–H and O–H groups in total. The van der Waals surface area contributed by atoms with E-state index in [0.717, 1.165) is 0 Å². The van der Waals surface area contributed by atoms with Crippen LogP contribution in [0.4, 0.5) is 0 Å². The van der Waals surface area contributed by atoms with Crippen LogP contribution in [0.1, 0.15) is 40.0 Å². The van der Waals surface area contributed by atoms with Crippen molar-refractivity contribution in [3.8, 4) is 0 Å². The van der Waals surface area contributed by atoms with Crippen LogP contribution >= 0.6 is 0 Å². The average Bonchev–Trinajstić information content (AvgIpc) is 2.45. The molecule has 3 nitrogen and oxygen atoms in total. The largest absolute Gasteiger partial charge is 0.481 e. The molecule has 0 aromatic heterocycles. The van der Waals surface area contributed by atoms with Crippen LogP contribution in [0.3, 0.4) is 0 Å². The second-order valence-corrected chi connectivity index (χ2v) is 5.74. The van der Waals surface area contributed by atoms with Gasteiger partial charge in [0.15, 0.2) is 0 Å². The molecular weight excluding hydrogens is 190 g/mol. The van der Waals surface area contributed by atoms with Gasteiger partial charge in [0.25, 0.3) is 0 Å². The summed E-state index contributed by atoms with van der Waals surface area (Å²) < 4.78 is 0. The SMILES string of the molecule is CC(CN(C)C1CCC(C)(C)C1)C(=O)O. The molecule has 0 heterocycles. The summed E-state index contributed by atoms with van der Waals surface area (Å²) in [5.41, 5.74) is 0.436. The average molecular weight is 213 g/mol. The fraction of sp³-hybridized carbons (Fsp3) is 0.917. The van der Waals surface area contributed by atoms with Crippen LogP contribution in [-0.4, -0.2) is 35.6 Å². The Morgan fingerprint density at radius 1 is 1.60 bits per heavy atom. The van der Waals surface area contributed by atoms with Crippen molar-refractivity contribution in [1.82, 2.24) is 4.90 Å². The maximum absolute atomic E-state index is 10.8. The number of rotatable bonds is 4. The molecule has 2 unspecified atom stereocenters. The van der Waals surface area contributed by atoms with E-state index >= 15 is 0 Å². The number of carboxylic acids is 1. The van der Waals surface area contributed by atoms with Gasteiger partial charge in [0.05, 0.1) is 5.92 Å². The van der Waals surface area contributed by atoms with Crippen molar-refractivity contribution in [3.63, 3.8) is 0 Å². The lowest BCUT2D eigenvalue weighted by Crippen LogP contribution is -2.36. The summed E-state index contributed by atoms with van der Waals surface area (Å²) in [6.45, 7) is 7.03. The first kappa shape index (κ1) is 12.5. The molecular formula is C12H23NO2. The minimum atomic E-state index is -0.695. The number of hydrogen-bond acceptors (Lipinski definition) is 2. The molecule has 1 aliphatic carbocycles. The highest BCUT2D eigenvalue weighted by molar-refractivity contribution is 5.69. The highest BCUT2D eigenvalue weighted by Gasteiger charge is 2.33. The minimum Gasteiger partial charge on any atom is -0.481 e. The molecule has 0 radical (unpaired) electrons. The third kappa shape index (κ3) is 3.49. The summed E-state index contributed by atoms with van der Waals surface area (Å²) in [6, 6.07) is 0.571. The number of carbonyl (C=O) groups is 1. The molecule has 0 amide bonds. The summed E-state index contributed by atoms with van der Waals surface area (Å²) in [5.74, 6) is -0.960. The molecule has 1 aliphatic rings. The van der Waals surface area contributed by atoms with E-state index in [1.165, 1.54) is 19.3 Å². The van der Waals surface area contributed by atoms with Crippen LogP contribution in [-0.2, 0) is 4.79 Å². The molecule has 2 atom stereocenters. The molecule has 0 spiro atoms. The van der Waals surface area contributed by atoms with Gasteiger partial charge in [0.1, 0.15) is 0 Å². The Morgan fingerprint density at radius 3 is 2.60 bits per heavy atom. The Labute approximate surface area is 92.5 Å². The van der Waals surface area contributed by atoms with Crippen LogP contribution in [0, 0.1) is 11.3 Å². The highest BCUT2D eigenvalue weighted by atomic mass is 16.4. The molecule has 0 bridgehead atoms. The quantitative estimate of drug-likeness (QED) is 0.778. The van der Waals surface area contributed by atoms with Crippen LogP contribution in [0.25, 0.3) is 0 Å². The third-order valence-electron chi connectivity index (χ3n) is 3.55. The lowest BCUT2D eigenvalue weighted by Gasteiger charge is -2.27. The molecule has 0 aromatic carbocycles. The second-order valence-electron chi connectivity index (χ2n) is 5.74. The van der Waals surface area contributed by atoms with Crippen molar-refractivity contribution in [2.75, 3.05) is 13.6 Å². The zero-order chi connectivity index (χ0) is 11.6. The van der Waals surface area contributed by atoms with Crippen LogP contribution in [0.15, 0.2) is 0 Å². The fourth-order valence-corrected chi connectivity index (χ4v) is 2.43. The fourth-order valence-electron chi connectivity index (χ4n) is 2.43. The van der Waals surface area contributed by atoms with E-state index in [1.54, 1.807) is 6.92 Å². The molecule has 1 rings (SSSR count). The van der Waals surface area contributed by atoms with Gasteiger partial charge in [-0.1, -0.05) is 20.8 Å². The van der Waals surface area contributed by atoms with Crippen molar-refractivity contribution in [2.24, 2.45) is 11.3 Å². The molecule has 0 aromatic rings. The van der Waals surface area contributed by atoms with E-state index in [1.807, 2.05) is 7.05 Å². The van der Waals surface area contributed by atoms with Crippen molar-refractivity contribution in [2.45, 2.75) is 46.1 Å². The molecule has 0 saturated heterocycles. The van der Waals surface area contributed by atoms with Crippen molar-refractivity contribution in [1.29, 1.82) is 0 Å². The maximum atomic E-state index is 10.8. The lowest BCUT2D eigenvalue weighted by atomic mass is 9.91. The van der Waals surface area contributed by atoms with Gasteiger partial charge in [-0.3, -0.25) is 4.79 Å². The molecule has 0 aliphatic heterocycles. The van der Waals surface area contributed by atoms with E-state index in [4.69, 9.17) is 5.11 Å². The Balaban J connectivity index is 2.42. The smallest absolute Gasteiger partial charge is 0.307 e. The lowest BCUT2D eigenvalue weighted by molar-refractivity contribution is -0.141. The summed E-state index contributed by atoms with van der Waals surface area (Å²) in [4.78, 5) is 13.0. The van der Waals surface area contributed by atoms with Gasteiger partial charge >= 0.3 is 5.97 Å². The number of nitrogens with zero attached hydrogens (tertiary/aromatic N) is 1. The van der Waals surface area contributed by atoms with E-state index in [9.17, 15) is 4.79 Å². The maximum Gasteiger partial charge on any atom is 0.307 e. The van der Waals surface area contributed by atoms with Gasteiger partial charge in [-0.25, -0.2) is 0 Å². The van der Waals surface area contributed by atoms with Gasteiger partial charge in [0, 0.05) is 12.6 Å². The zero-order valence-corrected chi connectivity index (χ0v) is 10.3. The van der Waals surface area contributed by atoms with Crippen LogP contribution < -0.4 is 0 Å². The summed E-state index contributed by atoms with van der Waals surface area (Å²) in [7, 11) is 2.05. The second kappa shape index (κ2) is 4.52. The van der Waals surface area contributed by atoms with Gasteiger partial charge < -0.3 is 10.0 Å². The standard InChI is InChI=1S/C12H23NO2/c1-9(11(14)15)8-13(4)10-5-6-12(2,3)7-10/h9-10H,5-8H2,1-4H3,(H,14,15).